The van der Waals surface area contributed by atoms with Gasteiger partial charge in [0.25, 0.3) is 0 Å². The lowest BCUT2D eigenvalue weighted by Crippen LogP contribution is -2.60. The molecule has 2 aliphatic rings. The second kappa shape index (κ2) is 5.27. The zero-order chi connectivity index (χ0) is 12.5. The van der Waals surface area contributed by atoms with Gasteiger partial charge in [-0.1, -0.05) is 33.6 Å². The van der Waals surface area contributed by atoms with Crippen LogP contribution in [0.4, 0.5) is 0 Å². The average Bonchev–Trinajstić information content (AvgIpc) is 2.33. The molecule has 2 rings (SSSR count). The van der Waals surface area contributed by atoms with E-state index in [1.54, 1.807) is 0 Å². The maximum absolute atomic E-state index is 6.16. The highest BCUT2D eigenvalue weighted by atomic mass is 16.5. The zero-order valence-electron chi connectivity index (χ0n) is 11.7. The molecule has 17 heavy (non-hydrogen) atoms. The van der Waals surface area contributed by atoms with Gasteiger partial charge in [0.05, 0.1) is 6.10 Å². The molecule has 0 bridgehead atoms. The van der Waals surface area contributed by atoms with Crippen LogP contribution in [0, 0.1) is 17.3 Å². The Labute approximate surface area is 106 Å². The number of hydrogen-bond acceptors (Lipinski definition) is 2. The molecule has 0 aromatic heterocycles. The Bertz CT molecular complexity index is 255. The average molecular weight is 239 g/mol. The Balaban J connectivity index is 1.75. The number of ether oxygens (including phenoxy) is 1. The maximum atomic E-state index is 6.16. The van der Waals surface area contributed by atoms with Gasteiger partial charge >= 0.3 is 0 Å². The first-order valence-corrected chi connectivity index (χ1v) is 7.43. The first-order chi connectivity index (χ1) is 8.06. The van der Waals surface area contributed by atoms with Crippen molar-refractivity contribution in [3.05, 3.63) is 0 Å². The Kier molecular flexibility index (Phi) is 4.14. The summed E-state index contributed by atoms with van der Waals surface area (Å²) in [6.45, 7) is 7.87. The molecule has 2 saturated carbocycles. The van der Waals surface area contributed by atoms with Crippen LogP contribution in [-0.2, 0) is 4.74 Å². The third-order valence-corrected chi connectivity index (χ3v) is 5.39. The van der Waals surface area contributed by atoms with E-state index in [2.05, 4.69) is 20.8 Å². The van der Waals surface area contributed by atoms with Crippen LogP contribution in [-0.4, -0.2) is 18.8 Å². The molecule has 0 saturated heterocycles. The molecule has 5 unspecified atom stereocenters. The van der Waals surface area contributed by atoms with Crippen LogP contribution < -0.4 is 5.73 Å². The first kappa shape index (κ1) is 13.4. The standard InChI is InChI=1S/C15H29NO/c1-4-15(3)13(16)9-14(15)17-10-12-7-5-6-11(2)8-12/h11-14H,4-10,16H2,1-3H3. The van der Waals surface area contributed by atoms with Crippen LogP contribution in [0.3, 0.4) is 0 Å². The molecule has 2 N–H and O–H groups in total. The third kappa shape index (κ3) is 2.68. The van der Waals surface area contributed by atoms with Crippen molar-refractivity contribution in [1.29, 1.82) is 0 Å². The summed E-state index contributed by atoms with van der Waals surface area (Å²) in [7, 11) is 0. The normalized spacial score (nSPS) is 46.6. The fourth-order valence-electron chi connectivity index (χ4n) is 3.56. The molecule has 2 aliphatic carbocycles. The van der Waals surface area contributed by atoms with Crippen LogP contribution >= 0.6 is 0 Å². The smallest absolute Gasteiger partial charge is 0.0658 e. The summed E-state index contributed by atoms with van der Waals surface area (Å²) >= 11 is 0. The summed E-state index contributed by atoms with van der Waals surface area (Å²) in [6.07, 6.45) is 8.15. The van der Waals surface area contributed by atoms with E-state index in [4.69, 9.17) is 10.5 Å². The fraction of sp³-hybridized carbons (Fsp3) is 1.00. The quantitative estimate of drug-likeness (QED) is 0.816. The van der Waals surface area contributed by atoms with Crippen molar-refractivity contribution < 1.29 is 4.74 Å². The van der Waals surface area contributed by atoms with Crippen molar-refractivity contribution in [3.63, 3.8) is 0 Å². The van der Waals surface area contributed by atoms with Gasteiger partial charge in [-0.05, 0) is 37.5 Å². The largest absolute Gasteiger partial charge is 0.377 e. The van der Waals surface area contributed by atoms with Crippen LogP contribution in [0.5, 0.6) is 0 Å². The molecule has 100 valence electrons. The Morgan fingerprint density at radius 3 is 2.65 bits per heavy atom. The second-order valence-corrected chi connectivity index (χ2v) is 6.66. The lowest BCUT2D eigenvalue weighted by Gasteiger charge is -2.52. The van der Waals surface area contributed by atoms with Crippen molar-refractivity contribution >= 4 is 0 Å². The summed E-state index contributed by atoms with van der Waals surface area (Å²) in [5.74, 6) is 1.70. The van der Waals surface area contributed by atoms with Crippen LogP contribution in [0.25, 0.3) is 0 Å². The van der Waals surface area contributed by atoms with Crippen molar-refractivity contribution in [1.82, 2.24) is 0 Å². The summed E-state index contributed by atoms with van der Waals surface area (Å²) < 4.78 is 6.16. The SMILES string of the molecule is CCC1(C)C(N)CC1OCC1CCCC(C)C1. The molecule has 0 aliphatic heterocycles. The Morgan fingerprint density at radius 2 is 2.06 bits per heavy atom. The van der Waals surface area contributed by atoms with E-state index in [1.807, 2.05) is 0 Å². The summed E-state index contributed by atoms with van der Waals surface area (Å²) in [6, 6.07) is 0.350. The highest BCUT2D eigenvalue weighted by molar-refractivity contribution is 5.03. The minimum Gasteiger partial charge on any atom is -0.377 e. The van der Waals surface area contributed by atoms with Crippen molar-refractivity contribution in [2.24, 2.45) is 23.0 Å². The molecular weight excluding hydrogens is 210 g/mol. The van der Waals surface area contributed by atoms with Crippen LogP contribution in [0.15, 0.2) is 0 Å². The van der Waals surface area contributed by atoms with E-state index in [0.29, 0.717) is 12.1 Å². The molecule has 0 aromatic carbocycles. The lowest BCUT2D eigenvalue weighted by atomic mass is 9.62. The van der Waals surface area contributed by atoms with Gasteiger partial charge in [0.15, 0.2) is 0 Å². The van der Waals surface area contributed by atoms with E-state index in [-0.39, 0.29) is 5.41 Å². The van der Waals surface area contributed by atoms with E-state index >= 15 is 0 Å². The fourth-order valence-corrected chi connectivity index (χ4v) is 3.56. The van der Waals surface area contributed by atoms with E-state index in [9.17, 15) is 0 Å². The van der Waals surface area contributed by atoms with Gasteiger partial charge in [0, 0.05) is 18.1 Å². The van der Waals surface area contributed by atoms with Crippen LogP contribution in [0.2, 0.25) is 0 Å². The second-order valence-electron chi connectivity index (χ2n) is 6.66. The lowest BCUT2D eigenvalue weighted by molar-refractivity contribution is -0.130. The molecular formula is C15H29NO. The van der Waals surface area contributed by atoms with Crippen molar-refractivity contribution in [2.45, 2.75) is 71.4 Å². The topological polar surface area (TPSA) is 35.2 Å². The minimum absolute atomic E-state index is 0.236. The minimum atomic E-state index is 0.236. The van der Waals surface area contributed by atoms with Crippen molar-refractivity contribution in [2.75, 3.05) is 6.61 Å². The van der Waals surface area contributed by atoms with Gasteiger partial charge in [-0.15, -0.1) is 0 Å². The van der Waals surface area contributed by atoms with E-state index in [1.165, 1.54) is 25.7 Å². The molecule has 5 atom stereocenters. The Hall–Kier alpha value is -0.0800. The summed E-state index contributed by atoms with van der Waals surface area (Å²) in [4.78, 5) is 0. The predicted octanol–water partition coefficient (Wildman–Crippen LogP) is 3.35. The number of nitrogens with two attached hydrogens (primary N) is 1. The van der Waals surface area contributed by atoms with E-state index in [0.717, 1.165) is 31.3 Å². The zero-order valence-corrected chi connectivity index (χ0v) is 11.7. The first-order valence-electron chi connectivity index (χ1n) is 7.43. The van der Waals surface area contributed by atoms with Crippen LogP contribution in [0.1, 0.15) is 59.3 Å². The molecule has 2 heteroatoms. The molecule has 0 spiro atoms. The number of hydrogen-bond donors (Lipinski definition) is 1. The predicted molar refractivity (Wildman–Crippen MR) is 71.9 cm³/mol. The van der Waals surface area contributed by atoms with Crippen molar-refractivity contribution in [3.8, 4) is 0 Å². The third-order valence-electron chi connectivity index (χ3n) is 5.39. The summed E-state index contributed by atoms with van der Waals surface area (Å²) in [5.41, 5.74) is 6.35. The molecule has 0 heterocycles. The monoisotopic (exact) mass is 239 g/mol. The summed E-state index contributed by atoms with van der Waals surface area (Å²) in [5, 5.41) is 0. The van der Waals surface area contributed by atoms with Gasteiger partial charge in [0.1, 0.15) is 0 Å². The molecule has 0 amide bonds. The van der Waals surface area contributed by atoms with Gasteiger partial charge in [-0.25, -0.2) is 0 Å². The molecule has 0 aromatic rings. The number of rotatable bonds is 4. The molecule has 2 nitrogen and oxygen atoms in total. The van der Waals surface area contributed by atoms with E-state index < -0.39 is 0 Å². The highest BCUT2D eigenvalue weighted by Crippen LogP contribution is 2.45. The van der Waals surface area contributed by atoms with Gasteiger partial charge < -0.3 is 10.5 Å². The van der Waals surface area contributed by atoms with Gasteiger partial charge in [-0.2, -0.15) is 0 Å². The molecule has 2 fully saturated rings. The highest BCUT2D eigenvalue weighted by Gasteiger charge is 2.49. The van der Waals surface area contributed by atoms with Gasteiger partial charge in [-0.3, -0.25) is 0 Å². The molecule has 0 radical (unpaired) electrons. The van der Waals surface area contributed by atoms with Gasteiger partial charge in [0.2, 0.25) is 0 Å². The maximum Gasteiger partial charge on any atom is 0.0658 e. The Morgan fingerprint density at radius 1 is 1.29 bits per heavy atom.